The Morgan fingerprint density at radius 3 is 2.61 bits per heavy atom. The molecule has 1 fully saturated rings. The normalized spacial score (nSPS) is 25.3. The van der Waals surface area contributed by atoms with Crippen LogP contribution in [0.1, 0.15) is 39.2 Å². The van der Waals surface area contributed by atoms with Crippen LogP contribution in [0.25, 0.3) is 0 Å². The molecule has 0 amide bonds. The fraction of sp³-hybridized carbons (Fsp3) is 0.625. The van der Waals surface area contributed by atoms with E-state index in [2.05, 4.69) is 62.2 Å². The van der Waals surface area contributed by atoms with Gasteiger partial charge in [0.1, 0.15) is 0 Å². The highest BCUT2D eigenvalue weighted by molar-refractivity contribution is 5.56. The first-order valence-electron chi connectivity index (χ1n) is 7.16. The number of anilines is 1. The van der Waals surface area contributed by atoms with Crippen LogP contribution in [-0.2, 0) is 0 Å². The van der Waals surface area contributed by atoms with Crippen LogP contribution in [0.4, 0.5) is 5.69 Å². The van der Waals surface area contributed by atoms with Crippen molar-refractivity contribution in [2.45, 2.75) is 39.7 Å². The zero-order chi connectivity index (χ0) is 13.1. The van der Waals surface area contributed by atoms with Gasteiger partial charge in [0.15, 0.2) is 0 Å². The van der Waals surface area contributed by atoms with Crippen molar-refractivity contribution >= 4 is 5.69 Å². The molecule has 0 spiro atoms. The zero-order valence-electron chi connectivity index (χ0n) is 12.1. The number of nitrogens with one attached hydrogen (secondary N) is 1. The zero-order valence-corrected chi connectivity index (χ0v) is 12.1. The molecule has 0 bridgehead atoms. The van der Waals surface area contributed by atoms with E-state index in [-0.39, 0.29) is 0 Å². The molecule has 100 valence electrons. The quantitative estimate of drug-likeness (QED) is 0.862. The van der Waals surface area contributed by atoms with Gasteiger partial charge in [-0.15, -0.1) is 0 Å². The van der Waals surface area contributed by atoms with E-state index in [4.69, 9.17) is 0 Å². The lowest BCUT2D eigenvalue weighted by atomic mass is 9.99. The first kappa shape index (κ1) is 13.4. The summed E-state index contributed by atoms with van der Waals surface area (Å²) in [5, 5.41) is 3.55. The van der Waals surface area contributed by atoms with Crippen molar-refractivity contribution in [3.05, 3.63) is 29.8 Å². The number of para-hydroxylation sites is 1. The SMILES string of the molecule is CC1CNCC(C)N(c2ccccc2C(C)C)C1. The average Bonchev–Trinajstić information content (AvgIpc) is 2.51. The maximum Gasteiger partial charge on any atom is 0.0404 e. The Bertz CT molecular complexity index is 386. The summed E-state index contributed by atoms with van der Waals surface area (Å²) in [6.45, 7) is 12.6. The van der Waals surface area contributed by atoms with Gasteiger partial charge in [-0.2, -0.15) is 0 Å². The second-order valence-electron chi connectivity index (χ2n) is 5.98. The van der Waals surface area contributed by atoms with Gasteiger partial charge in [0.2, 0.25) is 0 Å². The van der Waals surface area contributed by atoms with E-state index in [0.717, 1.165) is 19.6 Å². The molecule has 0 aliphatic carbocycles. The Kier molecular flexibility index (Phi) is 4.28. The summed E-state index contributed by atoms with van der Waals surface area (Å²) in [7, 11) is 0. The van der Waals surface area contributed by atoms with Crippen molar-refractivity contribution < 1.29 is 0 Å². The molecule has 1 saturated heterocycles. The van der Waals surface area contributed by atoms with Crippen LogP contribution >= 0.6 is 0 Å². The highest BCUT2D eigenvalue weighted by Gasteiger charge is 2.23. The summed E-state index contributed by atoms with van der Waals surface area (Å²) in [6, 6.07) is 9.44. The van der Waals surface area contributed by atoms with Crippen LogP contribution in [-0.4, -0.2) is 25.7 Å². The van der Waals surface area contributed by atoms with Crippen molar-refractivity contribution in [2.75, 3.05) is 24.5 Å². The van der Waals surface area contributed by atoms with E-state index in [1.54, 1.807) is 0 Å². The molecule has 2 heteroatoms. The Balaban J connectivity index is 2.33. The van der Waals surface area contributed by atoms with Crippen LogP contribution in [0, 0.1) is 5.92 Å². The number of benzene rings is 1. The van der Waals surface area contributed by atoms with Crippen molar-refractivity contribution in [1.82, 2.24) is 5.32 Å². The van der Waals surface area contributed by atoms with E-state index in [1.807, 2.05) is 0 Å². The molecule has 0 saturated carbocycles. The van der Waals surface area contributed by atoms with Crippen molar-refractivity contribution in [2.24, 2.45) is 5.92 Å². The molecule has 1 heterocycles. The highest BCUT2D eigenvalue weighted by atomic mass is 15.2. The Hall–Kier alpha value is -1.02. The Morgan fingerprint density at radius 1 is 1.17 bits per heavy atom. The van der Waals surface area contributed by atoms with Gasteiger partial charge in [-0.1, -0.05) is 39.0 Å². The predicted octanol–water partition coefficient (Wildman–Crippen LogP) is 3.24. The summed E-state index contributed by atoms with van der Waals surface area (Å²) in [5.74, 6) is 1.29. The largest absolute Gasteiger partial charge is 0.367 e. The minimum atomic E-state index is 0.565. The van der Waals surface area contributed by atoms with Gasteiger partial charge in [-0.3, -0.25) is 0 Å². The summed E-state index contributed by atoms with van der Waals surface area (Å²) < 4.78 is 0. The third-order valence-corrected chi connectivity index (χ3v) is 3.84. The minimum Gasteiger partial charge on any atom is -0.367 e. The van der Waals surface area contributed by atoms with Crippen molar-refractivity contribution in [1.29, 1.82) is 0 Å². The van der Waals surface area contributed by atoms with Gasteiger partial charge in [0.05, 0.1) is 0 Å². The molecular formula is C16H26N2. The van der Waals surface area contributed by atoms with E-state index in [1.165, 1.54) is 11.3 Å². The van der Waals surface area contributed by atoms with Gasteiger partial charge < -0.3 is 10.2 Å². The Labute approximate surface area is 111 Å². The van der Waals surface area contributed by atoms with E-state index in [0.29, 0.717) is 17.9 Å². The average molecular weight is 246 g/mol. The summed E-state index contributed by atoms with van der Waals surface area (Å²) >= 11 is 0. The van der Waals surface area contributed by atoms with Gasteiger partial charge in [0.25, 0.3) is 0 Å². The standard InChI is InChI=1S/C16H26N2/c1-12(2)15-7-5-6-8-16(15)18-11-13(3)9-17-10-14(18)4/h5-8,12-14,17H,9-11H2,1-4H3. The fourth-order valence-electron chi connectivity index (χ4n) is 2.80. The first-order valence-corrected chi connectivity index (χ1v) is 7.16. The van der Waals surface area contributed by atoms with Crippen molar-refractivity contribution in [3.63, 3.8) is 0 Å². The number of hydrogen-bond donors (Lipinski definition) is 1. The van der Waals surface area contributed by atoms with Crippen LogP contribution in [0.5, 0.6) is 0 Å². The maximum atomic E-state index is 3.55. The van der Waals surface area contributed by atoms with Gasteiger partial charge in [0, 0.05) is 24.8 Å². The predicted molar refractivity (Wildman–Crippen MR) is 79.4 cm³/mol. The van der Waals surface area contributed by atoms with Crippen LogP contribution in [0.2, 0.25) is 0 Å². The third-order valence-electron chi connectivity index (χ3n) is 3.84. The van der Waals surface area contributed by atoms with E-state index < -0.39 is 0 Å². The lowest BCUT2D eigenvalue weighted by Crippen LogP contribution is -2.38. The fourth-order valence-corrected chi connectivity index (χ4v) is 2.80. The van der Waals surface area contributed by atoms with Crippen LogP contribution in [0.15, 0.2) is 24.3 Å². The van der Waals surface area contributed by atoms with Gasteiger partial charge in [-0.25, -0.2) is 0 Å². The summed E-state index contributed by atoms with van der Waals surface area (Å²) in [5.41, 5.74) is 2.90. The van der Waals surface area contributed by atoms with Crippen LogP contribution < -0.4 is 10.2 Å². The smallest absolute Gasteiger partial charge is 0.0404 e. The molecule has 1 aliphatic heterocycles. The third kappa shape index (κ3) is 2.86. The minimum absolute atomic E-state index is 0.565. The molecular weight excluding hydrogens is 220 g/mol. The monoisotopic (exact) mass is 246 g/mol. The molecule has 2 rings (SSSR count). The highest BCUT2D eigenvalue weighted by Crippen LogP contribution is 2.29. The summed E-state index contributed by atoms with van der Waals surface area (Å²) in [6.07, 6.45) is 0. The Morgan fingerprint density at radius 2 is 1.89 bits per heavy atom. The molecule has 2 atom stereocenters. The second kappa shape index (κ2) is 5.75. The maximum absolute atomic E-state index is 3.55. The summed E-state index contributed by atoms with van der Waals surface area (Å²) in [4.78, 5) is 2.58. The lowest BCUT2D eigenvalue weighted by molar-refractivity contribution is 0.563. The molecule has 1 aliphatic rings. The molecule has 0 radical (unpaired) electrons. The van der Waals surface area contributed by atoms with Crippen molar-refractivity contribution in [3.8, 4) is 0 Å². The molecule has 2 nitrogen and oxygen atoms in total. The van der Waals surface area contributed by atoms with Gasteiger partial charge >= 0.3 is 0 Å². The second-order valence-corrected chi connectivity index (χ2v) is 5.98. The number of nitrogens with zero attached hydrogens (tertiary/aromatic N) is 1. The van der Waals surface area contributed by atoms with E-state index >= 15 is 0 Å². The topological polar surface area (TPSA) is 15.3 Å². The first-order chi connectivity index (χ1) is 8.59. The van der Waals surface area contributed by atoms with E-state index in [9.17, 15) is 0 Å². The number of hydrogen-bond acceptors (Lipinski definition) is 2. The molecule has 1 N–H and O–H groups in total. The number of rotatable bonds is 2. The molecule has 1 aromatic rings. The lowest BCUT2D eigenvalue weighted by Gasteiger charge is -2.33. The van der Waals surface area contributed by atoms with Gasteiger partial charge in [-0.05, 0) is 36.9 Å². The molecule has 18 heavy (non-hydrogen) atoms. The molecule has 1 aromatic carbocycles. The van der Waals surface area contributed by atoms with Crippen LogP contribution in [0.3, 0.4) is 0 Å². The molecule has 0 aromatic heterocycles. The molecule has 2 unspecified atom stereocenters.